The molecular weight excluding hydrogens is 369 g/mol. The van der Waals surface area contributed by atoms with Crippen molar-refractivity contribution in [1.82, 2.24) is 4.90 Å². The van der Waals surface area contributed by atoms with Crippen molar-refractivity contribution in [2.75, 3.05) is 20.6 Å². The van der Waals surface area contributed by atoms with Gasteiger partial charge in [0.1, 0.15) is 0 Å². The topological polar surface area (TPSA) is 95.1 Å². The van der Waals surface area contributed by atoms with Crippen molar-refractivity contribution >= 4 is 7.82 Å². The molecule has 13 heteroatoms. The van der Waals surface area contributed by atoms with Crippen LogP contribution >= 0.6 is 7.82 Å². The van der Waals surface area contributed by atoms with E-state index in [1.54, 1.807) is 13.8 Å². The summed E-state index contributed by atoms with van der Waals surface area (Å²) in [6.45, 7) is 2.72. The molecule has 148 valence electrons. The summed E-state index contributed by atoms with van der Waals surface area (Å²) in [6.07, 6.45) is -12.4. The molecule has 0 radical (unpaired) electrons. The van der Waals surface area contributed by atoms with E-state index in [0.717, 1.165) is 4.90 Å². The number of rotatable bonds is 6. The lowest BCUT2D eigenvalue weighted by atomic mass is 9.88. The van der Waals surface area contributed by atoms with Crippen LogP contribution in [0, 0.1) is 0 Å². The summed E-state index contributed by atoms with van der Waals surface area (Å²) < 4.78 is 84.3. The highest BCUT2D eigenvalue weighted by molar-refractivity contribution is 7.45. The predicted octanol–water partition coefficient (Wildman–Crippen LogP) is 3.05. The first-order chi connectivity index (χ1) is 10.3. The van der Waals surface area contributed by atoms with Gasteiger partial charge in [-0.1, -0.05) is 13.8 Å². The Balaban J connectivity index is 0. The van der Waals surface area contributed by atoms with E-state index in [2.05, 4.69) is 5.32 Å². The van der Waals surface area contributed by atoms with Crippen LogP contribution in [-0.2, 0) is 4.57 Å². The van der Waals surface area contributed by atoms with Crippen molar-refractivity contribution in [3.05, 3.63) is 5.32 Å². The number of phosphoric acid groups is 1. The van der Waals surface area contributed by atoms with Gasteiger partial charge in [-0.2, -0.15) is 26.3 Å². The quantitative estimate of drug-likeness (QED) is 0.478. The van der Waals surface area contributed by atoms with Gasteiger partial charge >= 0.3 is 20.2 Å². The number of hydrogen-bond donors (Lipinski definition) is 3. The van der Waals surface area contributed by atoms with Gasteiger partial charge in [-0.3, -0.25) is 0 Å². The third-order valence-electron chi connectivity index (χ3n) is 2.76. The van der Waals surface area contributed by atoms with Crippen molar-refractivity contribution in [2.45, 2.75) is 50.6 Å². The second kappa shape index (κ2) is 9.35. The second-order valence-electron chi connectivity index (χ2n) is 5.65. The van der Waals surface area contributed by atoms with E-state index >= 15 is 0 Å². The van der Waals surface area contributed by atoms with Gasteiger partial charge in [0, 0.05) is 5.54 Å². The maximum atomic E-state index is 12.6. The minimum absolute atomic E-state index is 0.319. The largest absolute Gasteiger partial charge is 0.658 e. The highest BCUT2D eigenvalue weighted by atomic mass is 31.2. The number of nitrogens with zero attached hydrogens (tertiary/aromatic N) is 2. The monoisotopic (exact) mass is 391 g/mol. The average molecular weight is 391 g/mol. The molecule has 0 aromatic heterocycles. The smallest absolute Gasteiger partial charge is 0.466 e. The highest BCUT2D eigenvalue weighted by Crippen LogP contribution is 2.39. The molecule has 0 unspecified atom stereocenters. The molecule has 24 heavy (non-hydrogen) atoms. The molecule has 0 saturated heterocycles. The molecule has 0 aromatic rings. The molecule has 3 N–H and O–H groups in total. The highest BCUT2D eigenvalue weighted by Gasteiger charge is 2.48. The standard InChI is InChI=1S/C11H19F6N2.H3O4P/c1-8(2)18-7-9(19(3)4,5-10(12,13)14)6-11(15,16)17;1-5(2,3)4/h8H,5-7H2,1-4H3;(H3,1,2,3,4)/q-1;. The van der Waals surface area contributed by atoms with Crippen LogP contribution < -0.4 is 0 Å². The van der Waals surface area contributed by atoms with Crippen LogP contribution in [0.25, 0.3) is 5.32 Å². The Labute approximate surface area is 136 Å². The first-order valence-corrected chi connectivity index (χ1v) is 8.10. The minimum Gasteiger partial charge on any atom is -0.658 e. The molecular formula is C11H22F6N2O4P-. The Morgan fingerprint density at radius 3 is 1.42 bits per heavy atom. The van der Waals surface area contributed by atoms with Gasteiger partial charge in [0.2, 0.25) is 0 Å². The molecule has 0 saturated carbocycles. The molecule has 0 aromatic carbocycles. The van der Waals surface area contributed by atoms with Crippen LogP contribution in [0.4, 0.5) is 26.3 Å². The molecule has 0 aliphatic carbocycles. The number of likely N-dealkylation sites (N-methyl/N-ethyl adjacent to an activating group) is 1. The fourth-order valence-electron chi connectivity index (χ4n) is 1.73. The lowest BCUT2D eigenvalue weighted by molar-refractivity contribution is -0.194. The SMILES string of the molecule is CC(C)[N-]CC(CC(F)(F)F)(CC(F)(F)F)N(C)C.O=P(O)(O)O. The zero-order chi connectivity index (χ0) is 20.0. The van der Waals surface area contributed by atoms with E-state index in [1.165, 1.54) is 14.1 Å². The first kappa shape index (κ1) is 25.8. The fraction of sp³-hybridized carbons (Fsp3) is 1.00. The van der Waals surface area contributed by atoms with Gasteiger partial charge < -0.3 is 24.9 Å². The Morgan fingerprint density at radius 1 is 0.958 bits per heavy atom. The molecule has 0 spiro atoms. The lowest BCUT2D eigenvalue weighted by Crippen LogP contribution is -2.53. The number of hydrogen-bond acceptors (Lipinski definition) is 2. The zero-order valence-electron chi connectivity index (χ0n) is 13.6. The Bertz CT molecular complexity index is 384. The number of halogens is 6. The van der Waals surface area contributed by atoms with Gasteiger partial charge in [-0.15, -0.1) is 12.6 Å². The van der Waals surface area contributed by atoms with Crippen LogP contribution in [0.2, 0.25) is 0 Å². The molecule has 6 nitrogen and oxygen atoms in total. The molecule has 0 rings (SSSR count). The molecule has 0 heterocycles. The Hall–Kier alpha value is -0.390. The summed E-state index contributed by atoms with van der Waals surface area (Å²) in [7, 11) is -2.21. The van der Waals surface area contributed by atoms with Gasteiger partial charge in [0.05, 0.1) is 12.8 Å². The summed E-state index contributed by atoms with van der Waals surface area (Å²) in [5.74, 6) is 0. The summed E-state index contributed by atoms with van der Waals surface area (Å²) >= 11 is 0. The van der Waals surface area contributed by atoms with E-state index < -0.39 is 45.1 Å². The molecule has 0 bridgehead atoms. The fourth-order valence-corrected chi connectivity index (χ4v) is 1.73. The molecule has 0 atom stereocenters. The molecule has 0 fully saturated rings. The number of alkyl halides is 6. The van der Waals surface area contributed by atoms with E-state index in [4.69, 9.17) is 19.2 Å². The van der Waals surface area contributed by atoms with Crippen LogP contribution in [0.15, 0.2) is 0 Å². The van der Waals surface area contributed by atoms with Crippen molar-refractivity contribution in [1.29, 1.82) is 0 Å². The van der Waals surface area contributed by atoms with Crippen molar-refractivity contribution in [3.63, 3.8) is 0 Å². The maximum absolute atomic E-state index is 12.6. The van der Waals surface area contributed by atoms with E-state index in [0.29, 0.717) is 0 Å². The van der Waals surface area contributed by atoms with Crippen molar-refractivity contribution in [3.8, 4) is 0 Å². The Kier molecular flexibility index (Phi) is 10.1. The second-order valence-corrected chi connectivity index (χ2v) is 6.68. The summed E-state index contributed by atoms with van der Waals surface area (Å²) in [4.78, 5) is 22.5. The van der Waals surface area contributed by atoms with Crippen molar-refractivity contribution < 1.29 is 45.6 Å². The summed E-state index contributed by atoms with van der Waals surface area (Å²) in [6, 6.07) is -0.319. The third-order valence-corrected chi connectivity index (χ3v) is 2.76. The summed E-state index contributed by atoms with van der Waals surface area (Å²) in [5, 5.41) is 3.85. The van der Waals surface area contributed by atoms with E-state index in [-0.39, 0.29) is 6.04 Å². The molecule has 0 amide bonds. The predicted molar refractivity (Wildman–Crippen MR) is 75.4 cm³/mol. The van der Waals surface area contributed by atoms with Crippen LogP contribution in [0.1, 0.15) is 26.7 Å². The van der Waals surface area contributed by atoms with Crippen molar-refractivity contribution in [2.24, 2.45) is 0 Å². The van der Waals surface area contributed by atoms with Gasteiger partial charge in [-0.25, -0.2) is 4.57 Å². The van der Waals surface area contributed by atoms with Crippen LogP contribution in [-0.4, -0.2) is 64.2 Å². The lowest BCUT2D eigenvalue weighted by Gasteiger charge is -2.47. The molecule has 0 aliphatic rings. The minimum atomic E-state index is -4.68. The average Bonchev–Trinajstić information content (AvgIpc) is 2.18. The normalized spacial score (nSPS) is 14.0. The van der Waals surface area contributed by atoms with Crippen LogP contribution in [0.3, 0.4) is 0 Å². The van der Waals surface area contributed by atoms with Gasteiger partial charge in [0.25, 0.3) is 0 Å². The first-order valence-electron chi connectivity index (χ1n) is 6.53. The Morgan fingerprint density at radius 2 is 1.25 bits per heavy atom. The summed E-state index contributed by atoms with van der Waals surface area (Å²) in [5.41, 5.74) is -2.08. The zero-order valence-corrected chi connectivity index (χ0v) is 14.5. The molecule has 0 aliphatic heterocycles. The third kappa shape index (κ3) is 16.5. The van der Waals surface area contributed by atoms with Gasteiger partial charge in [0.15, 0.2) is 0 Å². The van der Waals surface area contributed by atoms with Crippen LogP contribution in [0.5, 0.6) is 0 Å². The van der Waals surface area contributed by atoms with E-state index in [9.17, 15) is 26.3 Å². The maximum Gasteiger partial charge on any atom is 0.466 e. The van der Waals surface area contributed by atoms with Gasteiger partial charge in [-0.05, 0) is 14.1 Å². The van der Waals surface area contributed by atoms with E-state index in [1.807, 2.05) is 0 Å².